The van der Waals surface area contributed by atoms with Crippen LogP contribution < -0.4 is 0 Å². The molecule has 0 amide bonds. The molecule has 0 saturated carbocycles. The minimum atomic E-state index is -0.233. The van der Waals surface area contributed by atoms with Crippen molar-refractivity contribution in [3.05, 3.63) is 29.8 Å². The van der Waals surface area contributed by atoms with Gasteiger partial charge in [-0.05, 0) is 24.0 Å². The monoisotopic (exact) mass is 181 g/mol. The third-order valence-electron chi connectivity index (χ3n) is 2.44. The van der Waals surface area contributed by atoms with Crippen LogP contribution in [0, 0.1) is 11.7 Å². The molecule has 0 radical (unpaired) electrons. The highest BCUT2D eigenvalue weighted by molar-refractivity contribution is 5.10. The van der Waals surface area contributed by atoms with Crippen LogP contribution in [0.2, 0.25) is 0 Å². The molecule has 1 rings (SSSR count). The van der Waals surface area contributed by atoms with Crippen molar-refractivity contribution in [2.75, 3.05) is 0 Å². The molecule has 0 aliphatic heterocycles. The Morgan fingerprint density at radius 2 is 2.00 bits per heavy atom. The van der Waals surface area contributed by atoms with Gasteiger partial charge in [0.2, 0.25) is 0 Å². The van der Waals surface area contributed by atoms with Gasteiger partial charge in [-0.15, -0.1) is 0 Å². The van der Waals surface area contributed by atoms with Gasteiger partial charge >= 0.3 is 0 Å². The summed E-state index contributed by atoms with van der Waals surface area (Å²) in [5.74, 6) is 0.423. The molecular weight excluding hydrogens is 165 g/mol. The number of nitrogens with zero attached hydrogens (tertiary/aromatic N) is 1. The molecule has 2 heteroatoms. The highest BCUT2D eigenvalue weighted by atomic mass is 19.1. The van der Waals surface area contributed by atoms with Crippen molar-refractivity contribution in [1.29, 1.82) is 0 Å². The fourth-order valence-corrected chi connectivity index (χ4v) is 1.48. The zero-order chi connectivity index (χ0) is 9.68. The van der Waals surface area contributed by atoms with Gasteiger partial charge in [-0.25, -0.2) is 4.39 Å². The molecule has 1 nitrogen and oxygen atoms in total. The number of hydrogen-bond donors (Lipinski definition) is 0. The van der Waals surface area contributed by atoms with Gasteiger partial charge in [-0.3, -0.25) is 4.98 Å². The lowest BCUT2D eigenvalue weighted by Gasteiger charge is -2.11. The molecule has 0 aromatic carbocycles. The second kappa shape index (κ2) is 4.95. The summed E-state index contributed by atoms with van der Waals surface area (Å²) in [5.41, 5.74) is 1.01. The van der Waals surface area contributed by atoms with Gasteiger partial charge in [0.1, 0.15) is 5.82 Å². The van der Waals surface area contributed by atoms with E-state index < -0.39 is 0 Å². The van der Waals surface area contributed by atoms with Crippen molar-refractivity contribution in [3.8, 4) is 0 Å². The molecule has 0 fully saturated rings. The van der Waals surface area contributed by atoms with Gasteiger partial charge in [0.05, 0.1) is 6.20 Å². The number of rotatable bonds is 4. The molecule has 0 aliphatic rings. The molecule has 0 unspecified atom stereocenters. The first kappa shape index (κ1) is 10.2. The Kier molecular flexibility index (Phi) is 3.87. The fourth-order valence-electron chi connectivity index (χ4n) is 1.48. The summed E-state index contributed by atoms with van der Waals surface area (Å²) in [6.45, 7) is 4.34. The Balaban J connectivity index is 2.62. The van der Waals surface area contributed by atoms with E-state index in [9.17, 15) is 4.39 Å². The Hall–Kier alpha value is -0.920. The molecule has 0 N–H and O–H groups in total. The largest absolute Gasteiger partial charge is 0.261 e. The maximum Gasteiger partial charge on any atom is 0.141 e. The van der Waals surface area contributed by atoms with Gasteiger partial charge < -0.3 is 0 Å². The molecular formula is C11H16FN. The lowest BCUT2D eigenvalue weighted by Crippen LogP contribution is -2.02. The molecule has 0 aliphatic carbocycles. The summed E-state index contributed by atoms with van der Waals surface area (Å²) in [4.78, 5) is 3.83. The van der Waals surface area contributed by atoms with E-state index in [-0.39, 0.29) is 5.82 Å². The molecule has 0 saturated heterocycles. The van der Waals surface area contributed by atoms with Crippen LogP contribution in [0.1, 0.15) is 32.3 Å². The van der Waals surface area contributed by atoms with E-state index >= 15 is 0 Å². The minimum absolute atomic E-state index is 0.233. The third-order valence-corrected chi connectivity index (χ3v) is 2.44. The van der Waals surface area contributed by atoms with E-state index in [4.69, 9.17) is 0 Å². The summed E-state index contributed by atoms with van der Waals surface area (Å²) >= 11 is 0. The van der Waals surface area contributed by atoms with Gasteiger partial charge in [0.15, 0.2) is 0 Å². The van der Waals surface area contributed by atoms with Crippen molar-refractivity contribution < 1.29 is 4.39 Å². The van der Waals surface area contributed by atoms with Crippen LogP contribution in [0.3, 0.4) is 0 Å². The van der Waals surface area contributed by atoms with Gasteiger partial charge in [0.25, 0.3) is 0 Å². The molecule has 1 heterocycles. The first-order valence-electron chi connectivity index (χ1n) is 4.85. The first-order valence-corrected chi connectivity index (χ1v) is 4.85. The van der Waals surface area contributed by atoms with Crippen molar-refractivity contribution in [2.45, 2.75) is 33.1 Å². The van der Waals surface area contributed by atoms with E-state index in [0.29, 0.717) is 5.92 Å². The van der Waals surface area contributed by atoms with E-state index in [1.165, 1.54) is 6.20 Å². The van der Waals surface area contributed by atoms with Crippen LogP contribution >= 0.6 is 0 Å². The molecule has 13 heavy (non-hydrogen) atoms. The van der Waals surface area contributed by atoms with E-state index in [1.807, 2.05) is 0 Å². The smallest absolute Gasteiger partial charge is 0.141 e. The second-order valence-corrected chi connectivity index (χ2v) is 3.40. The predicted molar refractivity (Wildman–Crippen MR) is 52.0 cm³/mol. The Bertz CT molecular complexity index is 256. The SMILES string of the molecule is CCC(CC)Cc1cncc(F)c1. The topological polar surface area (TPSA) is 12.9 Å². The van der Waals surface area contributed by atoms with Gasteiger partial charge in [-0.2, -0.15) is 0 Å². The Morgan fingerprint density at radius 1 is 1.31 bits per heavy atom. The van der Waals surface area contributed by atoms with Crippen molar-refractivity contribution in [3.63, 3.8) is 0 Å². The standard InChI is InChI=1S/C11H16FN/c1-3-9(4-2)5-10-6-11(12)8-13-7-10/h6-9H,3-5H2,1-2H3. The molecule has 0 atom stereocenters. The maximum atomic E-state index is 12.8. The Morgan fingerprint density at radius 3 is 2.54 bits per heavy atom. The number of hydrogen-bond acceptors (Lipinski definition) is 1. The molecule has 0 bridgehead atoms. The van der Waals surface area contributed by atoms with Crippen molar-refractivity contribution >= 4 is 0 Å². The average molecular weight is 181 g/mol. The number of pyridine rings is 1. The normalized spacial score (nSPS) is 10.8. The first-order chi connectivity index (χ1) is 6.26. The van der Waals surface area contributed by atoms with Crippen molar-refractivity contribution in [1.82, 2.24) is 4.98 Å². The zero-order valence-corrected chi connectivity index (χ0v) is 8.26. The minimum Gasteiger partial charge on any atom is -0.261 e. The zero-order valence-electron chi connectivity index (χ0n) is 8.26. The average Bonchev–Trinajstić information content (AvgIpc) is 2.14. The van der Waals surface area contributed by atoms with Gasteiger partial charge in [0, 0.05) is 6.20 Å². The summed E-state index contributed by atoms with van der Waals surface area (Å²) in [6.07, 6.45) is 6.23. The van der Waals surface area contributed by atoms with Gasteiger partial charge in [-0.1, -0.05) is 26.7 Å². The summed E-state index contributed by atoms with van der Waals surface area (Å²) in [6, 6.07) is 1.57. The number of aromatic nitrogens is 1. The summed E-state index contributed by atoms with van der Waals surface area (Å²) in [5, 5.41) is 0. The van der Waals surface area contributed by atoms with E-state index in [2.05, 4.69) is 18.8 Å². The highest BCUT2D eigenvalue weighted by Gasteiger charge is 2.05. The molecule has 72 valence electrons. The molecule has 1 aromatic rings. The van der Waals surface area contributed by atoms with Crippen LogP contribution in [-0.2, 0) is 6.42 Å². The van der Waals surface area contributed by atoms with E-state index in [1.54, 1.807) is 12.3 Å². The van der Waals surface area contributed by atoms with Crippen LogP contribution in [0.5, 0.6) is 0 Å². The van der Waals surface area contributed by atoms with E-state index in [0.717, 1.165) is 24.8 Å². The summed E-state index contributed by atoms with van der Waals surface area (Å²) in [7, 11) is 0. The predicted octanol–water partition coefficient (Wildman–Crippen LogP) is 3.20. The lowest BCUT2D eigenvalue weighted by atomic mass is 9.95. The van der Waals surface area contributed by atoms with Crippen molar-refractivity contribution in [2.24, 2.45) is 5.92 Å². The highest BCUT2D eigenvalue weighted by Crippen LogP contribution is 2.15. The summed E-state index contributed by atoms with van der Waals surface area (Å²) < 4.78 is 12.8. The third kappa shape index (κ3) is 3.13. The fraction of sp³-hybridized carbons (Fsp3) is 0.545. The second-order valence-electron chi connectivity index (χ2n) is 3.40. The van der Waals surface area contributed by atoms with Crippen LogP contribution in [0.25, 0.3) is 0 Å². The van der Waals surface area contributed by atoms with Crippen LogP contribution in [-0.4, -0.2) is 4.98 Å². The lowest BCUT2D eigenvalue weighted by molar-refractivity contribution is 0.488. The number of halogens is 1. The molecule has 1 aromatic heterocycles. The molecule has 0 spiro atoms. The maximum absolute atomic E-state index is 12.8. The quantitative estimate of drug-likeness (QED) is 0.695. The Labute approximate surface area is 79.0 Å². The van der Waals surface area contributed by atoms with Crippen LogP contribution in [0.15, 0.2) is 18.5 Å². The van der Waals surface area contributed by atoms with Crippen LogP contribution in [0.4, 0.5) is 4.39 Å².